The Labute approximate surface area is 158 Å². The predicted molar refractivity (Wildman–Crippen MR) is 109 cm³/mol. The fourth-order valence-corrected chi connectivity index (χ4v) is 6.64. The van der Waals surface area contributed by atoms with Gasteiger partial charge in [0, 0.05) is 12.6 Å². The molecule has 0 amide bonds. The maximum atomic E-state index is 3.92. The predicted octanol–water partition coefficient (Wildman–Crippen LogP) is 6.05. The molecule has 4 bridgehead atoms. The van der Waals surface area contributed by atoms with E-state index in [2.05, 4.69) is 66.8 Å². The Morgan fingerprint density at radius 2 is 1.35 bits per heavy atom. The van der Waals surface area contributed by atoms with E-state index in [1.165, 1.54) is 55.2 Å². The van der Waals surface area contributed by atoms with Gasteiger partial charge in [0.25, 0.3) is 0 Å². The van der Waals surface area contributed by atoms with E-state index >= 15 is 0 Å². The first-order valence-electron chi connectivity index (χ1n) is 10.6. The number of hydrogen-bond donors (Lipinski definition) is 1. The lowest BCUT2D eigenvalue weighted by molar-refractivity contribution is -0.0706. The van der Waals surface area contributed by atoms with Crippen molar-refractivity contribution in [2.45, 2.75) is 58.0 Å². The van der Waals surface area contributed by atoms with Crippen LogP contribution in [0.5, 0.6) is 0 Å². The van der Waals surface area contributed by atoms with E-state index < -0.39 is 0 Å². The number of nitrogens with one attached hydrogen (secondary N) is 1. The van der Waals surface area contributed by atoms with Gasteiger partial charge in [-0.25, -0.2) is 0 Å². The molecular formula is C25H31N. The molecule has 6 rings (SSSR count). The Morgan fingerprint density at radius 3 is 1.92 bits per heavy atom. The second kappa shape index (κ2) is 6.53. The fourth-order valence-electron chi connectivity index (χ4n) is 6.64. The van der Waals surface area contributed by atoms with Crippen LogP contribution in [-0.4, -0.2) is 6.04 Å². The summed E-state index contributed by atoms with van der Waals surface area (Å²) in [6.07, 6.45) is 9.06. The van der Waals surface area contributed by atoms with Crippen LogP contribution in [0.4, 0.5) is 0 Å². The molecule has 0 spiro atoms. The number of benzene rings is 2. The molecule has 0 unspecified atom stereocenters. The van der Waals surface area contributed by atoms with Gasteiger partial charge in [-0.15, -0.1) is 0 Å². The summed E-state index contributed by atoms with van der Waals surface area (Å²) in [5.74, 6) is 3.11. The summed E-state index contributed by atoms with van der Waals surface area (Å²) < 4.78 is 0. The van der Waals surface area contributed by atoms with Gasteiger partial charge in [0.2, 0.25) is 0 Å². The Balaban J connectivity index is 1.24. The minimum Gasteiger partial charge on any atom is -0.310 e. The summed E-state index contributed by atoms with van der Waals surface area (Å²) in [6, 6.07) is 20.4. The second-order valence-corrected chi connectivity index (χ2v) is 9.45. The highest BCUT2D eigenvalue weighted by molar-refractivity contribution is 5.63. The highest BCUT2D eigenvalue weighted by Gasteiger charge is 2.52. The fraction of sp³-hybridized carbons (Fsp3) is 0.520. The molecule has 2 aromatic rings. The van der Waals surface area contributed by atoms with Gasteiger partial charge >= 0.3 is 0 Å². The molecule has 0 saturated heterocycles. The summed E-state index contributed by atoms with van der Waals surface area (Å²) in [5, 5.41) is 3.92. The summed E-state index contributed by atoms with van der Waals surface area (Å²) in [4.78, 5) is 0. The van der Waals surface area contributed by atoms with E-state index in [9.17, 15) is 0 Å². The monoisotopic (exact) mass is 345 g/mol. The first-order valence-corrected chi connectivity index (χ1v) is 10.6. The van der Waals surface area contributed by atoms with Crippen molar-refractivity contribution < 1.29 is 0 Å². The van der Waals surface area contributed by atoms with Gasteiger partial charge in [-0.3, -0.25) is 0 Å². The van der Waals surface area contributed by atoms with Crippen LogP contribution in [0.2, 0.25) is 0 Å². The van der Waals surface area contributed by atoms with Crippen LogP contribution in [0.3, 0.4) is 0 Å². The molecule has 4 saturated carbocycles. The van der Waals surface area contributed by atoms with Gasteiger partial charge in [-0.2, -0.15) is 0 Å². The van der Waals surface area contributed by atoms with Crippen LogP contribution in [0.25, 0.3) is 11.1 Å². The molecule has 2 aromatic carbocycles. The van der Waals surface area contributed by atoms with Crippen LogP contribution >= 0.6 is 0 Å². The van der Waals surface area contributed by atoms with E-state index in [4.69, 9.17) is 0 Å². The van der Waals surface area contributed by atoms with E-state index in [-0.39, 0.29) is 0 Å². The highest BCUT2D eigenvalue weighted by atomic mass is 14.9. The van der Waals surface area contributed by atoms with Crippen LogP contribution in [0, 0.1) is 23.2 Å². The lowest BCUT2D eigenvalue weighted by Gasteiger charge is -2.59. The summed E-state index contributed by atoms with van der Waals surface area (Å²) in [7, 11) is 0. The molecule has 0 heterocycles. The van der Waals surface area contributed by atoms with Crippen molar-refractivity contribution in [1.82, 2.24) is 5.32 Å². The molecule has 0 aromatic heterocycles. The zero-order chi connectivity index (χ0) is 17.6. The lowest BCUT2D eigenvalue weighted by atomic mass is 9.48. The van der Waals surface area contributed by atoms with E-state index in [0.29, 0.717) is 11.5 Å². The maximum absolute atomic E-state index is 3.92. The Kier molecular flexibility index (Phi) is 4.16. The van der Waals surface area contributed by atoms with Crippen LogP contribution < -0.4 is 5.32 Å². The summed E-state index contributed by atoms with van der Waals surface area (Å²) >= 11 is 0. The SMILES string of the molecule is C[C@@H](NCc1ccc(-c2ccccc2)cc1)C12CC3CC(CC(C3)C1)C2. The van der Waals surface area contributed by atoms with Gasteiger partial charge in [0.15, 0.2) is 0 Å². The third-order valence-electron chi connectivity index (χ3n) is 7.68. The average molecular weight is 346 g/mol. The third-order valence-corrected chi connectivity index (χ3v) is 7.68. The molecule has 4 aliphatic rings. The van der Waals surface area contributed by atoms with Crippen molar-refractivity contribution in [2.24, 2.45) is 23.2 Å². The average Bonchev–Trinajstić information content (AvgIpc) is 2.66. The van der Waals surface area contributed by atoms with Crippen molar-refractivity contribution in [3.05, 3.63) is 60.2 Å². The van der Waals surface area contributed by atoms with Crippen molar-refractivity contribution in [1.29, 1.82) is 0 Å². The molecule has 0 aliphatic heterocycles. The van der Waals surface area contributed by atoms with Crippen molar-refractivity contribution in [2.75, 3.05) is 0 Å². The third kappa shape index (κ3) is 3.01. The largest absolute Gasteiger partial charge is 0.310 e. The number of hydrogen-bond acceptors (Lipinski definition) is 1. The van der Waals surface area contributed by atoms with Crippen LogP contribution in [0.1, 0.15) is 51.0 Å². The van der Waals surface area contributed by atoms with E-state index in [0.717, 1.165) is 24.3 Å². The van der Waals surface area contributed by atoms with Gasteiger partial charge in [0.05, 0.1) is 0 Å². The second-order valence-electron chi connectivity index (χ2n) is 9.45. The molecular weight excluding hydrogens is 314 g/mol. The minimum atomic E-state index is 0.596. The van der Waals surface area contributed by atoms with Gasteiger partial charge in [0.1, 0.15) is 0 Å². The molecule has 1 atom stereocenters. The molecule has 1 N–H and O–H groups in total. The van der Waals surface area contributed by atoms with Crippen LogP contribution in [-0.2, 0) is 6.54 Å². The van der Waals surface area contributed by atoms with Crippen molar-refractivity contribution in [3.8, 4) is 11.1 Å². The normalized spacial score (nSPS) is 33.3. The van der Waals surface area contributed by atoms with Gasteiger partial charge < -0.3 is 5.32 Å². The quantitative estimate of drug-likeness (QED) is 0.696. The Bertz CT molecular complexity index is 710. The molecule has 1 heteroatoms. The smallest absolute Gasteiger partial charge is 0.0208 e. The minimum absolute atomic E-state index is 0.596. The molecule has 26 heavy (non-hydrogen) atoms. The maximum Gasteiger partial charge on any atom is 0.0208 e. The summed E-state index contributed by atoms with van der Waals surface area (Å²) in [5.41, 5.74) is 4.61. The first kappa shape index (κ1) is 16.6. The van der Waals surface area contributed by atoms with Gasteiger partial charge in [-0.1, -0.05) is 54.6 Å². The van der Waals surface area contributed by atoms with Gasteiger partial charge in [-0.05, 0) is 85.3 Å². The van der Waals surface area contributed by atoms with E-state index in [1.54, 1.807) is 0 Å². The summed E-state index contributed by atoms with van der Waals surface area (Å²) in [6.45, 7) is 3.46. The Morgan fingerprint density at radius 1 is 0.808 bits per heavy atom. The van der Waals surface area contributed by atoms with E-state index in [1.807, 2.05) is 0 Å². The van der Waals surface area contributed by atoms with Crippen LogP contribution in [0.15, 0.2) is 54.6 Å². The highest BCUT2D eigenvalue weighted by Crippen LogP contribution is 2.61. The van der Waals surface area contributed by atoms with Crippen molar-refractivity contribution in [3.63, 3.8) is 0 Å². The first-order chi connectivity index (χ1) is 12.7. The standard InChI is InChI=1S/C25H31N/c1-18(25-14-20-11-21(15-25)13-22(12-20)16-25)26-17-19-7-9-24(10-8-19)23-5-3-2-4-6-23/h2-10,18,20-22,26H,11-17H2,1H3/t18-,20?,21?,22?,25?/m1/s1. The number of rotatable bonds is 5. The molecule has 136 valence electrons. The Hall–Kier alpha value is -1.60. The zero-order valence-corrected chi connectivity index (χ0v) is 16.0. The molecule has 4 aliphatic carbocycles. The molecule has 0 radical (unpaired) electrons. The molecule has 4 fully saturated rings. The lowest BCUT2D eigenvalue weighted by Crippen LogP contribution is -2.54. The zero-order valence-electron chi connectivity index (χ0n) is 16.0. The molecule has 1 nitrogen and oxygen atoms in total. The van der Waals surface area contributed by atoms with Crippen molar-refractivity contribution >= 4 is 0 Å². The topological polar surface area (TPSA) is 12.0 Å².